The average molecular weight is 531 g/mol. The molecular formula is C29H42N2O5S. The monoisotopic (exact) mass is 530 g/mol. The maximum absolute atomic E-state index is 13.6. The van der Waals surface area contributed by atoms with Gasteiger partial charge < -0.3 is 15.2 Å². The van der Waals surface area contributed by atoms with Crippen LogP contribution in [0.25, 0.3) is 0 Å². The molecule has 0 spiro atoms. The summed E-state index contributed by atoms with van der Waals surface area (Å²) in [5, 5.41) is 14.6. The van der Waals surface area contributed by atoms with Crippen molar-refractivity contribution < 1.29 is 23.1 Å². The largest absolute Gasteiger partial charge is 0.497 e. The Hall–Kier alpha value is -2.42. The maximum Gasteiger partial charge on any atom is 0.243 e. The first-order valence-electron chi connectivity index (χ1n) is 13.3. The summed E-state index contributed by atoms with van der Waals surface area (Å²) in [6.45, 7) is 6.05. The number of nitrogens with zero attached hydrogens (tertiary/aromatic N) is 1. The quantitative estimate of drug-likeness (QED) is 0.400. The van der Waals surface area contributed by atoms with Crippen LogP contribution in [0.2, 0.25) is 0 Å². The van der Waals surface area contributed by atoms with E-state index in [4.69, 9.17) is 4.74 Å². The summed E-state index contributed by atoms with van der Waals surface area (Å²) in [5.74, 6) is 0.571. The molecule has 0 aliphatic heterocycles. The number of carbonyl (C=O) groups is 1. The minimum atomic E-state index is -3.88. The van der Waals surface area contributed by atoms with Crippen LogP contribution in [-0.4, -0.2) is 56.1 Å². The van der Waals surface area contributed by atoms with Crippen molar-refractivity contribution in [1.82, 2.24) is 9.62 Å². The predicted octanol–water partition coefficient (Wildman–Crippen LogP) is 4.40. The summed E-state index contributed by atoms with van der Waals surface area (Å²) < 4.78 is 33.7. The lowest BCUT2D eigenvalue weighted by Crippen LogP contribution is -2.53. The Morgan fingerprint density at radius 2 is 1.68 bits per heavy atom. The molecule has 1 fully saturated rings. The van der Waals surface area contributed by atoms with E-state index in [0.29, 0.717) is 12.2 Å². The van der Waals surface area contributed by atoms with Crippen LogP contribution >= 0.6 is 0 Å². The molecule has 0 heterocycles. The van der Waals surface area contributed by atoms with Crippen molar-refractivity contribution in [3.05, 3.63) is 60.2 Å². The number of ether oxygens (including phenoxy) is 1. The lowest BCUT2D eigenvalue weighted by molar-refractivity contribution is -0.132. The van der Waals surface area contributed by atoms with Gasteiger partial charge in [-0.15, -0.1) is 0 Å². The molecule has 2 atom stereocenters. The van der Waals surface area contributed by atoms with E-state index in [1.807, 2.05) is 51.1 Å². The van der Waals surface area contributed by atoms with Crippen LogP contribution in [0.5, 0.6) is 5.75 Å². The smallest absolute Gasteiger partial charge is 0.243 e. The molecule has 8 heteroatoms. The minimum Gasteiger partial charge on any atom is -0.497 e. The first kappa shape index (κ1) is 29.1. The fourth-order valence-electron chi connectivity index (χ4n) is 5.18. The first-order valence-corrected chi connectivity index (χ1v) is 14.7. The number of carbonyl (C=O) groups excluding carboxylic acids is 1. The molecule has 3 rings (SSSR count). The number of benzene rings is 2. The molecule has 37 heavy (non-hydrogen) atoms. The van der Waals surface area contributed by atoms with Gasteiger partial charge in [0.15, 0.2) is 0 Å². The van der Waals surface area contributed by atoms with Gasteiger partial charge in [-0.1, -0.05) is 63.9 Å². The zero-order chi connectivity index (χ0) is 27.1. The molecule has 0 radical (unpaired) electrons. The Morgan fingerprint density at radius 1 is 1.05 bits per heavy atom. The molecule has 2 N–H and O–H groups in total. The first-order chi connectivity index (χ1) is 17.6. The van der Waals surface area contributed by atoms with Crippen molar-refractivity contribution in [3.8, 4) is 5.75 Å². The second kappa shape index (κ2) is 12.9. The third-order valence-electron chi connectivity index (χ3n) is 7.46. The Labute approximate surface area is 222 Å². The third-order valence-corrected chi connectivity index (χ3v) is 9.30. The fourth-order valence-corrected chi connectivity index (χ4v) is 6.80. The number of amides is 1. The summed E-state index contributed by atoms with van der Waals surface area (Å²) in [4.78, 5) is 13.6. The van der Waals surface area contributed by atoms with Crippen LogP contribution in [0.15, 0.2) is 59.5 Å². The molecule has 0 aromatic heterocycles. The van der Waals surface area contributed by atoms with Gasteiger partial charge >= 0.3 is 0 Å². The van der Waals surface area contributed by atoms with Gasteiger partial charge in [-0.2, -0.15) is 4.31 Å². The SMILES string of the molecule is CCC1(C(=O)NC(Cc2ccccc2)C(O)CN(CC(C)C)S(=O)(=O)c2ccc(OC)cc2)CCCC1. The molecule has 204 valence electrons. The van der Waals surface area contributed by atoms with Gasteiger partial charge in [-0.05, 0) is 61.4 Å². The number of nitrogens with one attached hydrogen (secondary N) is 1. The molecular weight excluding hydrogens is 488 g/mol. The molecule has 0 saturated heterocycles. The van der Waals surface area contributed by atoms with E-state index in [1.165, 1.54) is 23.5 Å². The highest BCUT2D eigenvalue weighted by Crippen LogP contribution is 2.41. The van der Waals surface area contributed by atoms with Gasteiger partial charge in [0.05, 0.1) is 24.2 Å². The van der Waals surface area contributed by atoms with Crippen LogP contribution in [0, 0.1) is 11.3 Å². The van der Waals surface area contributed by atoms with E-state index in [9.17, 15) is 18.3 Å². The van der Waals surface area contributed by atoms with Gasteiger partial charge in [-0.25, -0.2) is 8.42 Å². The number of aliphatic hydroxyl groups is 1. The molecule has 0 bridgehead atoms. The summed E-state index contributed by atoms with van der Waals surface area (Å²) >= 11 is 0. The molecule has 2 unspecified atom stereocenters. The number of hydrogen-bond donors (Lipinski definition) is 2. The second-order valence-electron chi connectivity index (χ2n) is 10.6. The van der Waals surface area contributed by atoms with Crippen molar-refractivity contribution in [2.24, 2.45) is 11.3 Å². The molecule has 2 aromatic rings. The standard InChI is InChI=1S/C29H42N2O5S/c1-5-29(17-9-10-18-29)28(33)30-26(19-23-11-7-6-8-12-23)27(32)21-31(20-22(2)3)37(34,35)25-15-13-24(36-4)14-16-25/h6-8,11-16,22,26-27,32H,5,9-10,17-21H2,1-4H3,(H,30,33). The van der Waals surface area contributed by atoms with Crippen molar-refractivity contribution in [2.75, 3.05) is 20.2 Å². The number of rotatable bonds is 13. The molecule has 2 aromatic carbocycles. The van der Waals surface area contributed by atoms with E-state index in [-0.39, 0.29) is 29.8 Å². The van der Waals surface area contributed by atoms with Crippen LogP contribution in [-0.2, 0) is 21.2 Å². The lowest BCUT2D eigenvalue weighted by atomic mass is 9.82. The van der Waals surface area contributed by atoms with Gasteiger partial charge in [0.2, 0.25) is 15.9 Å². The Balaban J connectivity index is 1.87. The van der Waals surface area contributed by atoms with Crippen LogP contribution in [0.4, 0.5) is 0 Å². The average Bonchev–Trinajstić information content (AvgIpc) is 3.39. The Kier molecular flexibility index (Phi) is 10.2. The number of methoxy groups -OCH3 is 1. The van der Waals surface area contributed by atoms with Gasteiger partial charge in [-0.3, -0.25) is 4.79 Å². The Bertz CT molecular complexity index is 1100. The van der Waals surface area contributed by atoms with Crippen molar-refractivity contribution in [2.45, 2.75) is 76.3 Å². The van der Waals surface area contributed by atoms with Crippen LogP contribution < -0.4 is 10.1 Å². The summed E-state index contributed by atoms with van der Waals surface area (Å²) in [7, 11) is -2.35. The highest BCUT2D eigenvalue weighted by molar-refractivity contribution is 7.89. The van der Waals surface area contributed by atoms with E-state index in [2.05, 4.69) is 5.32 Å². The van der Waals surface area contributed by atoms with Gasteiger partial charge in [0.25, 0.3) is 0 Å². The molecule has 1 amide bonds. The van der Waals surface area contributed by atoms with E-state index in [0.717, 1.165) is 37.7 Å². The topological polar surface area (TPSA) is 95.9 Å². The summed E-state index contributed by atoms with van der Waals surface area (Å²) in [5.41, 5.74) is 0.554. The summed E-state index contributed by atoms with van der Waals surface area (Å²) in [6.07, 6.45) is 3.80. The third kappa shape index (κ3) is 7.33. The number of hydrogen-bond acceptors (Lipinski definition) is 5. The molecule has 7 nitrogen and oxygen atoms in total. The van der Waals surface area contributed by atoms with Crippen molar-refractivity contribution >= 4 is 15.9 Å². The van der Waals surface area contributed by atoms with E-state index < -0.39 is 27.6 Å². The molecule has 1 aliphatic carbocycles. The Morgan fingerprint density at radius 3 is 2.22 bits per heavy atom. The number of aliphatic hydroxyl groups excluding tert-OH is 1. The normalized spacial score (nSPS) is 17.1. The minimum absolute atomic E-state index is 0.0408. The van der Waals surface area contributed by atoms with E-state index >= 15 is 0 Å². The summed E-state index contributed by atoms with van der Waals surface area (Å²) in [6, 6.07) is 15.3. The van der Waals surface area contributed by atoms with Crippen molar-refractivity contribution in [1.29, 1.82) is 0 Å². The van der Waals surface area contributed by atoms with Gasteiger partial charge in [0, 0.05) is 18.5 Å². The maximum atomic E-state index is 13.6. The van der Waals surface area contributed by atoms with Crippen LogP contribution in [0.3, 0.4) is 0 Å². The molecule has 1 aliphatic rings. The zero-order valence-electron chi connectivity index (χ0n) is 22.5. The van der Waals surface area contributed by atoms with Crippen LogP contribution in [0.1, 0.15) is 58.4 Å². The highest BCUT2D eigenvalue weighted by Gasteiger charge is 2.41. The highest BCUT2D eigenvalue weighted by atomic mass is 32.2. The predicted molar refractivity (Wildman–Crippen MR) is 146 cm³/mol. The zero-order valence-corrected chi connectivity index (χ0v) is 23.3. The lowest BCUT2D eigenvalue weighted by Gasteiger charge is -2.34. The fraction of sp³-hybridized carbons (Fsp3) is 0.552. The van der Waals surface area contributed by atoms with E-state index in [1.54, 1.807) is 12.1 Å². The second-order valence-corrected chi connectivity index (χ2v) is 12.5. The van der Waals surface area contributed by atoms with Gasteiger partial charge in [0.1, 0.15) is 5.75 Å². The molecule has 1 saturated carbocycles. The number of sulfonamides is 1. The van der Waals surface area contributed by atoms with Crippen molar-refractivity contribution in [3.63, 3.8) is 0 Å².